The van der Waals surface area contributed by atoms with E-state index in [0.717, 1.165) is 17.8 Å². The molecule has 4 rings (SSSR count). The van der Waals surface area contributed by atoms with Crippen LogP contribution in [0.1, 0.15) is 40.6 Å². The quantitative estimate of drug-likeness (QED) is 0.802. The van der Waals surface area contributed by atoms with Crippen LogP contribution in [0.25, 0.3) is 0 Å². The van der Waals surface area contributed by atoms with Gasteiger partial charge >= 0.3 is 0 Å². The Morgan fingerprint density at radius 2 is 2.15 bits per heavy atom. The molecule has 1 saturated heterocycles. The largest absolute Gasteiger partial charge is 0.454 e. The van der Waals surface area contributed by atoms with Crippen LogP contribution in [-0.2, 0) is 10.0 Å². The second-order valence-electron chi connectivity index (χ2n) is 6.14. The lowest BCUT2D eigenvalue weighted by Gasteiger charge is -2.21. The summed E-state index contributed by atoms with van der Waals surface area (Å²) in [6.07, 6.45) is 1.44. The molecule has 0 radical (unpaired) electrons. The summed E-state index contributed by atoms with van der Waals surface area (Å²) >= 11 is 1.12. The summed E-state index contributed by atoms with van der Waals surface area (Å²) in [6.45, 7) is 2.25. The molecule has 2 aromatic rings. The Labute approximate surface area is 160 Å². The van der Waals surface area contributed by atoms with Gasteiger partial charge in [0.2, 0.25) is 21.8 Å². The van der Waals surface area contributed by atoms with E-state index >= 15 is 0 Å². The van der Waals surface area contributed by atoms with Crippen molar-refractivity contribution in [1.82, 2.24) is 14.5 Å². The van der Waals surface area contributed by atoms with E-state index < -0.39 is 15.9 Å². The molecule has 0 bridgehead atoms. The van der Waals surface area contributed by atoms with Crippen LogP contribution in [-0.4, -0.2) is 47.9 Å². The molecule has 0 spiro atoms. The molecule has 2 aliphatic heterocycles. The molecular weight excluding hydrogens is 392 g/mol. The molecule has 0 saturated carbocycles. The van der Waals surface area contributed by atoms with Crippen LogP contribution in [0.3, 0.4) is 0 Å². The molecule has 0 aliphatic carbocycles. The summed E-state index contributed by atoms with van der Waals surface area (Å²) in [6, 6.07) is 4.75. The van der Waals surface area contributed by atoms with E-state index in [1.54, 1.807) is 25.1 Å². The predicted octanol–water partition coefficient (Wildman–Crippen LogP) is 2.01. The van der Waals surface area contributed by atoms with E-state index in [0.29, 0.717) is 35.2 Å². The highest BCUT2D eigenvalue weighted by atomic mass is 32.2. The first-order chi connectivity index (χ1) is 13.0. The van der Waals surface area contributed by atoms with Crippen molar-refractivity contribution in [2.24, 2.45) is 0 Å². The molecule has 1 amide bonds. The molecule has 11 heteroatoms. The van der Waals surface area contributed by atoms with Crippen LogP contribution in [0.5, 0.6) is 11.5 Å². The molecule has 1 atom stereocenters. The first-order valence-corrected chi connectivity index (χ1v) is 10.9. The van der Waals surface area contributed by atoms with Crippen molar-refractivity contribution < 1.29 is 22.7 Å². The van der Waals surface area contributed by atoms with Gasteiger partial charge in [-0.3, -0.25) is 4.79 Å². The van der Waals surface area contributed by atoms with E-state index in [-0.39, 0.29) is 23.6 Å². The topological polar surface area (TPSA) is 111 Å². The second-order valence-corrected chi connectivity index (χ2v) is 9.36. The fourth-order valence-corrected chi connectivity index (χ4v) is 5.39. The average Bonchev–Trinajstić information content (AvgIpc) is 3.39. The molecule has 9 nitrogen and oxygen atoms in total. The Morgan fingerprint density at radius 3 is 2.96 bits per heavy atom. The van der Waals surface area contributed by atoms with Crippen LogP contribution in [0.2, 0.25) is 0 Å². The van der Waals surface area contributed by atoms with Gasteiger partial charge in [-0.1, -0.05) is 11.3 Å². The number of anilines is 1. The zero-order valence-electron chi connectivity index (χ0n) is 14.5. The number of rotatable bonds is 5. The van der Waals surface area contributed by atoms with Gasteiger partial charge in [-0.05, 0) is 31.9 Å². The average molecular weight is 410 g/mol. The van der Waals surface area contributed by atoms with E-state index in [9.17, 15) is 13.2 Å². The van der Waals surface area contributed by atoms with Gasteiger partial charge in [-0.2, -0.15) is 4.31 Å². The molecule has 2 aliphatic rings. The number of carbonyl (C=O) groups is 1. The monoisotopic (exact) mass is 410 g/mol. The molecule has 1 N–H and O–H groups in total. The minimum absolute atomic E-state index is 0.0414. The van der Waals surface area contributed by atoms with Gasteiger partial charge < -0.3 is 14.8 Å². The van der Waals surface area contributed by atoms with Crippen LogP contribution in [0, 0.1) is 0 Å². The third kappa shape index (κ3) is 3.49. The van der Waals surface area contributed by atoms with E-state index in [2.05, 4.69) is 15.5 Å². The van der Waals surface area contributed by atoms with E-state index in [4.69, 9.17) is 9.47 Å². The normalized spacial score (nSPS) is 19.4. The zero-order chi connectivity index (χ0) is 19.0. The van der Waals surface area contributed by atoms with Crippen molar-refractivity contribution in [3.8, 4) is 11.5 Å². The Kier molecular flexibility index (Phi) is 4.74. The molecule has 1 aromatic heterocycles. The van der Waals surface area contributed by atoms with Crippen molar-refractivity contribution in [2.75, 3.05) is 24.4 Å². The summed E-state index contributed by atoms with van der Waals surface area (Å²) in [5.41, 5.74) is 0.553. The zero-order valence-corrected chi connectivity index (χ0v) is 16.2. The lowest BCUT2D eigenvalue weighted by molar-refractivity contribution is 0.102. The highest BCUT2D eigenvalue weighted by Gasteiger charge is 2.36. The van der Waals surface area contributed by atoms with Crippen molar-refractivity contribution >= 4 is 33.0 Å². The van der Waals surface area contributed by atoms with Gasteiger partial charge in [0.05, 0.1) is 11.8 Å². The number of nitrogens with one attached hydrogen (secondary N) is 1. The number of ether oxygens (including phenoxy) is 2. The number of hydrogen-bond acceptors (Lipinski definition) is 8. The Bertz CT molecular complexity index is 975. The predicted molar refractivity (Wildman–Crippen MR) is 98.6 cm³/mol. The van der Waals surface area contributed by atoms with E-state index in [1.807, 2.05) is 0 Å². The number of amides is 1. The Morgan fingerprint density at radius 1 is 1.33 bits per heavy atom. The first kappa shape index (κ1) is 18.1. The summed E-state index contributed by atoms with van der Waals surface area (Å²) in [7, 11) is -3.31. The number of nitrogens with zero attached hydrogens (tertiary/aromatic N) is 3. The van der Waals surface area contributed by atoms with Crippen molar-refractivity contribution in [3.05, 3.63) is 28.2 Å². The van der Waals surface area contributed by atoms with Crippen molar-refractivity contribution in [2.45, 2.75) is 25.8 Å². The maximum atomic E-state index is 12.5. The van der Waals surface area contributed by atoms with Gasteiger partial charge in [-0.15, -0.1) is 10.2 Å². The number of carbonyl (C=O) groups excluding carboxylic acids is 1. The van der Waals surface area contributed by atoms with Gasteiger partial charge in [0.1, 0.15) is 5.01 Å². The fourth-order valence-electron chi connectivity index (χ4n) is 3.11. The second kappa shape index (κ2) is 7.06. The third-order valence-corrected chi connectivity index (χ3v) is 7.38. The summed E-state index contributed by atoms with van der Waals surface area (Å²) in [4.78, 5) is 12.5. The molecule has 144 valence electrons. The minimum atomic E-state index is -3.31. The van der Waals surface area contributed by atoms with E-state index in [1.165, 1.54) is 4.31 Å². The Balaban J connectivity index is 1.50. The number of benzene rings is 1. The number of sulfonamides is 1. The lowest BCUT2D eigenvalue weighted by atomic mass is 10.2. The molecule has 1 fully saturated rings. The lowest BCUT2D eigenvalue weighted by Crippen LogP contribution is -2.31. The highest BCUT2D eigenvalue weighted by molar-refractivity contribution is 7.89. The van der Waals surface area contributed by atoms with Crippen LogP contribution < -0.4 is 14.8 Å². The summed E-state index contributed by atoms with van der Waals surface area (Å²) in [5, 5.41) is 11.5. The SMILES string of the molecule is CCS(=O)(=O)N1CCCC1c1nnc(C(=O)Nc2ccc3c(c2)OCO3)s1. The molecular formula is C16H18N4O5S2. The molecule has 1 unspecified atom stereocenters. The molecule has 27 heavy (non-hydrogen) atoms. The number of hydrogen-bond donors (Lipinski definition) is 1. The smallest absolute Gasteiger partial charge is 0.286 e. The standard InChI is InChI=1S/C16H18N4O5S2/c1-2-27(22,23)20-7-3-4-11(20)15-18-19-16(26-15)14(21)17-10-5-6-12-13(8-10)25-9-24-12/h5-6,8,11H,2-4,7,9H2,1H3,(H,17,21). The van der Waals surface area contributed by atoms with Gasteiger partial charge in [0.25, 0.3) is 5.91 Å². The molecule has 3 heterocycles. The summed E-state index contributed by atoms with van der Waals surface area (Å²) in [5.74, 6) is 0.835. The number of fused-ring (bicyclic) bond motifs is 1. The first-order valence-electron chi connectivity index (χ1n) is 8.52. The maximum Gasteiger partial charge on any atom is 0.286 e. The maximum absolute atomic E-state index is 12.5. The van der Waals surface area contributed by atoms with Gasteiger partial charge in [-0.25, -0.2) is 8.42 Å². The van der Waals surface area contributed by atoms with Crippen LogP contribution >= 0.6 is 11.3 Å². The minimum Gasteiger partial charge on any atom is -0.454 e. The number of aromatic nitrogens is 2. The Hall–Kier alpha value is -2.24. The highest BCUT2D eigenvalue weighted by Crippen LogP contribution is 2.36. The van der Waals surface area contributed by atoms with Crippen molar-refractivity contribution in [1.29, 1.82) is 0 Å². The summed E-state index contributed by atoms with van der Waals surface area (Å²) < 4.78 is 36.5. The third-order valence-electron chi connectivity index (χ3n) is 4.48. The molecule has 1 aromatic carbocycles. The van der Waals surface area contributed by atoms with Crippen molar-refractivity contribution in [3.63, 3.8) is 0 Å². The van der Waals surface area contributed by atoms with Gasteiger partial charge in [0, 0.05) is 18.3 Å². The fraction of sp³-hybridized carbons (Fsp3) is 0.438. The van der Waals surface area contributed by atoms with Crippen LogP contribution in [0.4, 0.5) is 5.69 Å². The van der Waals surface area contributed by atoms with Crippen LogP contribution in [0.15, 0.2) is 18.2 Å². The van der Waals surface area contributed by atoms with Gasteiger partial charge in [0.15, 0.2) is 11.5 Å².